The summed E-state index contributed by atoms with van der Waals surface area (Å²) in [4.78, 5) is 12.6. The summed E-state index contributed by atoms with van der Waals surface area (Å²) in [6.07, 6.45) is 4.01. The highest BCUT2D eigenvalue weighted by Gasteiger charge is 2.19. The van der Waals surface area contributed by atoms with Gasteiger partial charge in [0.25, 0.3) is 0 Å². The summed E-state index contributed by atoms with van der Waals surface area (Å²) in [5.41, 5.74) is 2.59. The molecule has 0 radical (unpaired) electrons. The van der Waals surface area contributed by atoms with Gasteiger partial charge in [-0.3, -0.25) is 9.89 Å². The Labute approximate surface area is 200 Å². The Morgan fingerprint density at radius 1 is 1.18 bits per heavy atom. The van der Waals surface area contributed by atoms with Crippen molar-refractivity contribution in [3.8, 4) is 17.1 Å². The normalized spacial score (nSPS) is 12.6. The third-order valence-electron chi connectivity index (χ3n) is 5.64. The average Bonchev–Trinajstić information content (AvgIpc) is 3.52. The summed E-state index contributed by atoms with van der Waals surface area (Å²) in [5.74, 6) is 1.39. The number of nitrogens with zero attached hydrogens (tertiary/aromatic N) is 2. The molecule has 0 spiro atoms. The zero-order valence-electron chi connectivity index (χ0n) is 20.5. The van der Waals surface area contributed by atoms with Crippen LogP contribution in [0.3, 0.4) is 0 Å². The second-order valence-electron chi connectivity index (χ2n) is 8.51. The van der Waals surface area contributed by atoms with E-state index in [1.807, 2.05) is 73.3 Å². The molecule has 0 aliphatic rings. The first-order valence-corrected chi connectivity index (χ1v) is 11.6. The molecule has 2 N–H and O–H groups in total. The van der Waals surface area contributed by atoms with Crippen molar-refractivity contribution in [3.05, 3.63) is 66.4 Å². The van der Waals surface area contributed by atoms with Gasteiger partial charge in [-0.2, -0.15) is 5.10 Å². The van der Waals surface area contributed by atoms with Gasteiger partial charge in [-0.15, -0.1) is 0 Å². The number of hydrogen-bond donors (Lipinski definition) is 2. The van der Waals surface area contributed by atoms with Gasteiger partial charge >= 0.3 is 5.97 Å². The number of para-hydroxylation sites is 1. The average molecular weight is 463 g/mol. The fourth-order valence-corrected chi connectivity index (χ4v) is 3.86. The van der Waals surface area contributed by atoms with Crippen molar-refractivity contribution >= 4 is 22.7 Å². The SMILES string of the molecule is [2H]C(c1ccccc1OCCCCCC(=O)O)N(c1n[nH]c2cc(-c3ccco3)ccc12)C(C)C. The van der Waals surface area contributed by atoms with Crippen LogP contribution in [0.2, 0.25) is 0 Å². The molecular formula is C27H31N3O4. The van der Waals surface area contributed by atoms with Gasteiger partial charge in [0.15, 0.2) is 5.82 Å². The number of hydrogen-bond acceptors (Lipinski definition) is 5. The Hall–Kier alpha value is -3.74. The second-order valence-corrected chi connectivity index (χ2v) is 8.51. The molecule has 0 fully saturated rings. The number of aliphatic carboxylic acids is 1. The number of fused-ring (bicyclic) bond motifs is 1. The molecule has 0 saturated carbocycles. The number of H-pyrrole nitrogens is 1. The van der Waals surface area contributed by atoms with Crippen LogP contribution in [0.5, 0.6) is 5.75 Å². The lowest BCUT2D eigenvalue weighted by atomic mass is 10.1. The molecular weight excluding hydrogens is 430 g/mol. The minimum Gasteiger partial charge on any atom is -0.493 e. The Morgan fingerprint density at radius 3 is 2.79 bits per heavy atom. The van der Waals surface area contributed by atoms with Crippen molar-refractivity contribution in [2.45, 2.75) is 52.1 Å². The van der Waals surface area contributed by atoms with Crippen LogP contribution >= 0.6 is 0 Å². The van der Waals surface area contributed by atoms with Crippen LogP contribution in [0.25, 0.3) is 22.2 Å². The Balaban J connectivity index is 1.54. The summed E-state index contributed by atoms with van der Waals surface area (Å²) in [5, 5.41) is 17.4. The highest BCUT2D eigenvalue weighted by atomic mass is 16.5. The van der Waals surface area contributed by atoms with E-state index in [-0.39, 0.29) is 12.5 Å². The largest absolute Gasteiger partial charge is 0.493 e. The van der Waals surface area contributed by atoms with Crippen LogP contribution in [-0.4, -0.2) is 33.9 Å². The van der Waals surface area contributed by atoms with Crippen LogP contribution in [0.4, 0.5) is 5.82 Å². The number of unbranched alkanes of at least 4 members (excludes halogenated alkanes) is 2. The number of anilines is 1. The van der Waals surface area contributed by atoms with Gasteiger partial charge in [-0.25, -0.2) is 0 Å². The van der Waals surface area contributed by atoms with Gasteiger partial charge in [0, 0.05) is 35.5 Å². The first kappa shape index (κ1) is 22.1. The molecule has 0 bridgehead atoms. The molecule has 34 heavy (non-hydrogen) atoms. The molecule has 0 amide bonds. The van der Waals surface area contributed by atoms with Gasteiger partial charge in [-0.05, 0) is 63.4 Å². The minimum absolute atomic E-state index is 0.0119. The smallest absolute Gasteiger partial charge is 0.303 e. The van der Waals surface area contributed by atoms with Gasteiger partial charge < -0.3 is 19.2 Å². The molecule has 1 atom stereocenters. The number of benzene rings is 2. The fourth-order valence-electron chi connectivity index (χ4n) is 3.86. The maximum atomic E-state index is 10.7. The number of rotatable bonds is 12. The van der Waals surface area contributed by atoms with E-state index in [4.69, 9.17) is 15.6 Å². The van der Waals surface area contributed by atoms with Gasteiger partial charge in [0.2, 0.25) is 0 Å². The Kier molecular flexibility index (Phi) is 7.09. The molecule has 178 valence electrons. The van der Waals surface area contributed by atoms with Crippen LogP contribution in [0.15, 0.2) is 65.3 Å². The van der Waals surface area contributed by atoms with Gasteiger partial charge in [0.05, 0.1) is 19.8 Å². The minimum atomic E-state index is -0.773. The molecule has 4 aromatic rings. The number of ether oxygens (including phenoxy) is 1. The lowest BCUT2D eigenvalue weighted by Gasteiger charge is -2.28. The summed E-state index contributed by atoms with van der Waals surface area (Å²) < 4.78 is 20.7. The van der Waals surface area contributed by atoms with Crippen molar-refractivity contribution in [3.63, 3.8) is 0 Å². The lowest BCUT2D eigenvalue weighted by molar-refractivity contribution is -0.137. The molecule has 1 unspecified atom stereocenters. The van der Waals surface area contributed by atoms with Crippen LogP contribution in [-0.2, 0) is 11.3 Å². The molecule has 0 aliphatic carbocycles. The van der Waals surface area contributed by atoms with Crippen LogP contribution in [0, 0.1) is 0 Å². The third-order valence-corrected chi connectivity index (χ3v) is 5.64. The molecule has 2 aromatic heterocycles. The number of furan rings is 1. The lowest BCUT2D eigenvalue weighted by Crippen LogP contribution is -2.30. The van der Waals surface area contributed by atoms with E-state index >= 15 is 0 Å². The van der Waals surface area contributed by atoms with E-state index in [0.717, 1.165) is 40.6 Å². The zero-order chi connectivity index (χ0) is 24.8. The van der Waals surface area contributed by atoms with E-state index in [2.05, 4.69) is 10.2 Å². The maximum Gasteiger partial charge on any atom is 0.303 e. The van der Waals surface area contributed by atoms with Crippen molar-refractivity contribution in [1.29, 1.82) is 0 Å². The number of carbonyl (C=O) groups is 1. The Bertz CT molecular complexity index is 1250. The predicted molar refractivity (Wildman–Crippen MR) is 133 cm³/mol. The molecule has 0 aliphatic heterocycles. The zero-order valence-corrected chi connectivity index (χ0v) is 19.5. The summed E-state index contributed by atoms with van der Waals surface area (Å²) in [6.45, 7) is 3.84. The van der Waals surface area contributed by atoms with Crippen molar-refractivity contribution in [2.24, 2.45) is 0 Å². The molecule has 2 heterocycles. The quantitative estimate of drug-likeness (QED) is 0.241. The van der Waals surface area contributed by atoms with Crippen LogP contribution < -0.4 is 9.64 Å². The first-order valence-electron chi connectivity index (χ1n) is 12.2. The number of carboxylic acid groups (broad SMARTS) is 1. The molecule has 2 aromatic carbocycles. The van der Waals surface area contributed by atoms with Gasteiger partial charge in [0.1, 0.15) is 11.5 Å². The summed E-state index contributed by atoms with van der Waals surface area (Å²) >= 11 is 0. The van der Waals surface area contributed by atoms with Crippen molar-refractivity contribution in [2.75, 3.05) is 11.5 Å². The summed E-state index contributed by atoms with van der Waals surface area (Å²) in [6, 6.07) is 17.4. The standard InChI is InChI=1S/C27H31N3O4/c1-19(2)30(18-21-9-5-6-10-25(21)33-15-7-3-4-12-26(31)32)27-22-14-13-20(17-23(22)28-29-27)24-11-8-16-34-24/h5-6,8-11,13-14,16-17,19H,3-4,7,12,15,18H2,1-2H3,(H,28,29)(H,31,32)/i18D. The van der Waals surface area contributed by atoms with Crippen molar-refractivity contribution < 1.29 is 20.4 Å². The molecule has 0 saturated heterocycles. The number of nitrogens with one attached hydrogen (secondary N) is 1. The monoisotopic (exact) mass is 462 g/mol. The van der Waals surface area contributed by atoms with E-state index in [1.165, 1.54) is 0 Å². The number of aromatic amines is 1. The first-order chi connectivity index (χ1) is 17.0. The highest BCUT2D eigenvalue weighted by Crippen LogP contribution is 2.32. The van der Waals surface area contributed by atoms with E-state index in [9.17, 15) is 4.79 Å². The second kappa shape index (κ2) is 10.9. The van der Waals surface area contributed by atoms with E-state index in [1.54, 1.807) is 6.26 Å². The molecule has 7 heteroatoms. The predicted octanol–water partition coefficient (Wildman–Crippen LogP) is 6.26. The maximum absolute atomic E-state index is 10.7. The summed E-state index contributed by atoms with van der Waals surface area (Å²) in [7, 11) is 0. The topological polar surface area (TPSA) is 91.6 Å². The van der Waals surface area contributed by atoms with E-state index < -0.39 is 12.5 Å². The number of carboxylic acids is 1. The van der Waals surface area contributed by atoms with E-state index in [0.29, 0.717) is 24.6 Å². The number of aromatic nitrogens is 2. The third kappa shape index (κ3) is 5.60. The fraction of sp³-hybridized carbons (Fsp3) is 0.333. The van der Waals surface area contributed by atoms with Crippen molar-refractivity contribution in [1.82, 2.24) is 10.2 Å². The highest BCUT2D eigenvalue weighted by molar-refractivity contribution is 5.92. The van der Waals surface area contributed by atoms with Crippen LogP contribution in [0.1, 0.15) is 46.5 Å². The Morgan fingerprint density at radius 2 is 2.03 bits per heavy atom. The van der Waals surface area contributed by atoms with Gasteiger partial charge in [-0.1, -0.05) is 24.3 Å². The molecule has 7 nitrogen and oxygen atoms in total. The molecule has 4 rings (SSSR count).